The molecule has 80 valence electrons. The number of anilines is 2. The van der Waals surface area contributed by atoms with Gasteiger partial charge < -0.3 is 10.6 Å². The van der Waals surface area contributed by atoms with Crippen molar-refractivity contribution in [3.63, 3.8) is 0 Å². The van der Waals surface area contributed by atoms with Crippen LogP contribution < -0.4 is 10.6 Å². The molecule has 2 rings (SSSR count). The van der Waals surface area contributed by atoms with Crippen molar-refractivity contribution in [3.05, 3.63) is 24.0 Å². The van der Waals surface area contributed by atoms with Crippen molar-refractivity contribution in [1.82, 2.24) is 0 Å². The van der Waals surface area contributed by atoms with Crippen molar-refractivity contribution in [2.24, 2.45) is 0 Å². The molecule has 1 amide bonds. The van der Waals surface area contributed by atoms with Crippen molar-refractivity contribution in [3.8, 4) is 0 Å². The van der Waals surface area contributed by atoms with Crippen LogP contribution in [0.25, 0.3) is 0 Å². The molecular weight excluding hydrogens is 215 g/mol. The summed E-state index contributed by atoms with van der Waals surface area (Å²) >= 11 is 1.57. The molecule has 0 radical (unpaired) electrons. The number of halogens is 1. The first-order valence-electron chi connectivity index (χ1n) is 4.56. The van der Waals surface area contributed by atoms with Gasteiger partial charge in [-0.3, -0.25) is 4.79 Å². The van der Waals surface area contributed by atoms with Gasteiger partial charge in [0.15, 0.2) is 0 Å². The zero-order valence-corrected chi connectivity index (χ0v) is 9.03. The maximum Gasteiger partial charge on any atom is 0.247 e. The van der Waals surface area contributed by atoms with Gasteiger partial charge in [-0.25, -0.2) is 4.39 Å². The van der Waals surface area contributed by atoms with Crippen molar-refractivity contribution in [1.29, 1.82) is 0 Å². The molecular formula is C10H11FN2OS. The summed E-state index contributed by atoms with van der Waals surface area (Å²) in [6.45, 7) is 0. The molecule has 1 aromatic carbocycles. The van der Waals surface area contributed by atoms with E-state index in [4.69, 9.17) is 0 Å². The molecule has 3 nitrogen and oxygen atoms in total. The van der Waals surface area contributed by atoms with E-state index in [1.165, 1.54) is 12.1 Å². The predicted octanol–water partition coefficient (Wildman–Crippen LogP) is 1.92. The van der Waals surface area contributed by atoms with Gasteiger partial charge in [-0.05, 0) is 24.5 Å². The number of fused-ring (bicyclic) bond motifs is 1. The van der Waals surface area contributed by atoms with E-state index in [1.807, 2.05) is 6.26 Å². The molecule has 1 aliphatic rings. The maximum atomic E-state index is 12.9. The van der Waals surface area contributed by atoms with E-state index in [-0.39, 0.29) is 17.8 Å². The lowest BCUT2D eigenvalue weighted by atomic mass is 10.1. The Kier molecular flexibility index (Phi) is 2.81. The van der Waals surface area contributed by atoms with Crippen molar-refractivity contribution >= 4 is 29.0 Å². The number of hydrogen-bond donors (Lipinski definition) is 2. The molecule has 0 aliphatic carbocycles. The first-order valence-corrected chi connectivity index (χ1v) is 5.96. The van der Waals surface area contributed by atoms with E-state index in [2.05, 4.69) is 10.6 Å². The van der Waals surface area contributed by atoms with E-state index in [1.54, 1.807) is 17.8 Å². The van der Waals surface area contributed by atoms with E-state index >= 15 is 0 Å². The summed E-state index contributed by atoms with van der Waals surface area (Å²) in [6.07, 6.45) is 1.93. The zero-order chi connectivity index (χ0) is 10.8. The predicted molar refractivity (Wildman–Crippen MR) is 60.8 cm³/mol. The number of hydrogen-bond acceptors (Lipinski definition) is 3. The minimum atomic E-state index is -0.305. The van der Waals surface area contributed by atoms with Gasteiger partial charge in [0, 0.05) is 5.75 Å². The Labute approximate surface area is 91.4 Å². The Balaban J connectivity index is 2.26. The molecule has 1 aliphatic heterocycles. The quantitative estimate of drug-likeness (QED) is 0.809. The fourth-order valence-electron chi connectivity index (χ4n) is 1.50. The lowest BCUT2D eigenvalue weighted by Gasteiger charge is -2.26. The molecule has 0 saturated heterocycles. The largest absolute Gasteiger partial charge is 0.371 e. The van der Waals surface area contributed by atoms with Crippen LogP contribution in [0, 0.1) is 5.82 Å². The molecule has 0 bridgehead atoms. The maximum absolute atomic E-state index is 12.9. The molecule has 5 heteroatoms. The van der Waals surface area contributed by atoms with Gasteiger partial charge in [-0.15, -0.1) is 0 Å². The minimum absolute atomic E-state index is 0.0662. The van der Waals surface area contributed by atoms with Gasteiger partial charge in [-0.2, -0.15) is 11.8 Å². The number of benzene rings is 1. The lowest BCUT2D eigenvalue weighted by molar-refractivity contribution is -0.116. The van der Waals surface area contributed by atoms with Gasteiger partial charge in [0.1, 0.15) is 11.9 Å². The van der Waals surface area contributed by atoms with Crippen LogP contribution in [0.15, 0.2) is 18.2 Å². The summed E-state index contributed by atoms with van der Waals surface area (Å²) in [4.78, 5) is 11.6. The van der Waals surface area contributed by atoms with Gasteiger partial charge in [-0.1, -0.05) is 0 Å². The summed E-state index contributed by atoms with van der Waals surface area (Å²) in [6, 6.07) is 4.00. The second kappa shape index (κ2) is 4.10. The summed E-state index contributed by atoms with van der Waals surface area (Å²) < 4.78 is 12.9. The van der Waals surface area contributed by atoms with Crippen LogP contribution in [0.4, 0.5) is 15.8 Å². The van der Waals surface area contributed by atoms with Crippen molar-refractivity contribution in [2.75, 3.05) is 22.6 Å². The normalized spacial score (nSPS) is 19.1. The van der Waals surface area contributed by atoms with Crippen molar-refractivity contribution in [2.45, 2.75) is 6.04 Å². The fourth-order valence-corrected chi connectivity index (χ4v) is 2.07. The molecule has 1 aromatic rings. The lowest BCUT2D eigenvalue weighted by Crippen LogP contribution is -2.40. The highest BCUT2D eigenvalue weighted by Crippen LogP contribution is 2.27. The highest BCUT2D eigenvalue weighted by molar-refractivity contribution is 7.98. The monoisotopic (exact) mass is 226 g/mol. The smallest absolute Gasteiger partial charge is 0.247 e. The van der Waals surface area contributed by atoms with Gasteiger partial charge in [0.25, 0.3) is 0 Å². The van der Waals surface area contributed by atoms with Crippen LogP contribution in [0.2, 0.25) is 0 Å². The molecule has 0 spiro atoms. The molecule has 1 heterocycles. The second-order valence-corrected chi connectivity index (χ2v) is 4.24. The summed E-state index contributed by atoms with van der Waals surface area (Å²) in [5.74, 6) is 0.297. The number of thioether (sulfide) groups is 1. The van der Waals surface area contributed by atoms with Gasteiger partial charge in [0.2, 0.25) is 5.91 Å². The topological polar surface area (TPSA) is 41.1 Å². The van der Waals surface area contributed by atoms with Crippen LogP contribution >= 0.6 is 11.8 Å². The molecule has 1 atom stereocenters. The third kappa shape index (κ3) is 2.07. The first-order chi connectivity index (χ1) is 7.20. The van der Waals surface area contributed by atoms with E-state index in [0.29, 0.717) is 17.1 Å². The molecule has 0 unspecified atom stereocenters. The van der Waals surface area contributed by atoms with Crippen molar-refractivity contribution < 1.29 is 9.18 Å². The number of carbonyl (C=O) groups excluding carboxylic acids is 1. The van der Waals surface area contributed by atoms with E-state index < -0.39 is 0 Å². The average Bonchev–Trinajstić information content (AvgIpc) is 2.20. The Hall–Kier alpha value is -1.23. The Morgan fingerprint density at radius 1 is 1.47 bits per heavy atom. The highest BCUT2D eigenvalue weighted by atomic mass is 32.2. The number of rotatable bonds is 2. The third-order valence-electron chi connectivity index (χ3n) is 2.22. The molecule has 0 saturated carbocycles. The number of amides is 1. The van der Waals surface area contributed by atoms with Crippen LogP contribution in [-0.4, -0.2) is 24.0 Å². The zero-order valence-electron chi connectivity index (χ0n) is 8.21. The SMILES string of the molecule is CSC[C@H]1Nc2cc(F)ccc2NC1=O. The number of nitrogens with one attached hydrogen (secondary N) is 2. The molecule has 0 aromatic heterocycles. The van der Waals surface area contributed by atoms with Gasteiger partial charge >= 0.3 is 0 Å². The molecule has 15 heavy (non-hydrogen) atoms. The standard InChI is InChI=1S/C10H11FN2OS/c1-15-5-9-10(14)13-7-3-2-6(11)4-8(7)12-9/h2-4,9,12H,5H2,1H3,(H,13,14)/t9-/m1/s1. The van der Waals surface area contributed by atoms with E-state index in [9.17, 15) is 9.18 Å². The van der Waals surface area contributed by atoms with Gasteiger partial charge in [0.05, 0.1) is 11.4 Å². The Bertz CT molecular complexity index is 397. The molecule has 0 fully saturated rings. The first kappa shape index (κ1) is 10.3. The minimum Gasteiger partial charge on any atom is -0.371 e. The van der Waals surface area contributed by atoms with Crippen LogP contribution in [0.1, 0.15) is 0 Å². The Morgan fingerprint density at radius 3 is 3.00 bits per heavy atom. The average molecular weight is 226 g/mol. The van der Waals surface area contributed by atoms with Crippen LogP contribution in [0.5, 0.6) is 0 Å². The fraction of sp³-hybridized carbons (Fsp3) is 0.300. The highest BCUT2D eigenvalue weighted by Gasteiger charge is 2.24. The summed E-state index contributed by atoms with van der Waals surface area (Å²) in [5, 5.41) is 5.76. The van der Waals surface area contributed by atoms with Crippen LogP contribution in [0.3, 0.4) is 0 Å². The second-order valence-electron chi connectivity index (χ2n) is 3.33. The van der Waals surface area contributed by atoms with Crippen LogP contribution in [-0.2, 0) is 4.79 Å². The summed E-state index contributed by atoms with van der Waals surface area (Å²) in [7, 11) is 0. The van der Waals surface area contributed by atoms with E-state index in [0.717, 1.165) is 0 Å². The number of carbonyl (C=O) groups is 1. The summed E-state index contributed by atoms with van der Waals surface area (Å²) in [5.41, 5.74) is 1.28. The Morgan fingerprint density at radius 2 is 2.27 bits per heavy atom. The molecule has 2 N–H and O–H groups in total. The third-order valence-corrected chi connectivity index (χ3v) is 2.89.